The van der Waals surface area contributed by atoms with Gasteiger partial charge in [0.2, 0.25) is 0 Å². The van der Waals surface area contributed by atoms with E-state index >= 15 is 0 Å². The Morgan fingerprint density at radius 2 is 1.96 bits per heavy atom. The van der Waals surface area contributed by atoms with Crippen molar-refractivity contribution in [3.63, 3.8) is 0 Å². The van der Waals surface area contributed by atoms with Gasteiger partial charge in [-0.2, -0.15) is 5.10 Å². The first-order valence-electron chi connectivity index (χ1n) is 9.38. The van der Waals surface area contributed by atoms with Crippen molar-refractivity contribution in [1.82, 2.24) is 9.78 Å². The first kappa shape index (κ1) is 19.1. The molecule has 1 aliphatic heterocycles. The highest BCUT2D eigenvalue weighted by Crippen LogP contribution is 2.44. The molecule has 0 N–H and O–H groups in total. The molecular weight excluding hydrogens is 338 g/mol. The van der Waals surface area contributed by atoms with Crippen molar-refractivity contribution in [1.29, 1.82) is 0 Å². The van der Waals surface area contributed by atoms with E-state index in [-0.39, 0.29) is 6.10 Å². The third-order valence-electron chi connectivity index (χ3n) is 4.75. The summed E-state index contributed by atoms with van der Waals surface area (Å²) in [5, 5.41) is 4.51. The maximum atomic E-state index is 6.01. The summed E-state index contributed by atoms with van der Waals surface area (Å²) in [4.78, 5) is 2.22. The van der Waals surface area contributed by atoms with E-state index in [4.69, 9.17) is 9.47 Å². The molecular formula is C22H29N3O2. The standard InChI is InChI=1S/C22H29N3O2/c1-8-18(20-11-15(4)23-24(20)6)25-16(5)9-10-17-12-21(26-7)22(13-19(17)25)27-14(2)3/h8,11-14H,5,9-10H2,1-4,6-7H3. The van der Waals surface area contributed by atoms with Crippen LogP contribution >= 0.6 is 0 Å². The Labute approximate surface area is 161 Å². The summed E-state index contributed by atoms with van der Waals surface area (Å²) in [6.07, 6.45) is 4.02. The molecule has 27 heavy (non-hydrogen) atoms. The highest BCUT2D eigenvalue weighted by atomic mass is 16.5. The number of hydrogen-bond acceptors (Lipinski definition) is 4. The molecule has 0 spiro atoms. The SMILES string of the molecule is C=C1CCc2cc(OC)c(OC(C)C)cc2N1C(=CC)c1cc(C)nn1C. The number of ether oxygens (including phenoxy) is 2. The predicted octanol–water partition coefficient (Wildman–Crippen LogP) is 4.85. The summed E-state index contributed by atoms with van der Waals surface area (Å²) in [5.74, 6) is 1.52. The number of benzene rings is 1. The first-order chi connectivity index (χ1) is 12.8. The van der Waals surface area contributed by atoms with Gasteiger partial charge in [-0.1, -0.05) is 12.7 Å². The van der Waals surface area contributed by atoms with Crippen LogP contribution in [0.4, 0.5) is 5.69 Å². The smallest absolute Gasteiger partial charge is 0.163 e. The van der Waals surface area contributed by atoms with Gasteiger partial charge >= 0.3 is 0 Å². The summed E-state index contributed by atoms with van der Waals surface area (Å²) in [7, 11) is 3.66. The summed E-state index contributed by atoms with van der Waals surface area (Å²) >= 11 is 0. The van der Waals surface area contributed by atoms with Crippen LogP contribution in [0, 0.1) is 6.92 Å². The van der Waals surface area contributed by atoms with E-state index in [9.17, 15) is 0 Å². The number of aromatic nitrogens is 2. The van der Waals surface area contributed by atoms with E-state index in [1.165, 1.54) is 5.56 Å². The molecule has 0 atom stereocenters. The normalized spacial score (nSPS) is 14.6. The molecule has 0 saturated heterocycles. The molecule has 1 aromatic heterocycles. The summed E-state index contributed by atoms with van der Waals surface area (Å²) in [6.45, 7) is 12.4. The van der Waals surface area contributed by atoms with Gasteiger partial charge in [-0.05, 0) is 58.2 Å². The number of fused-ring (bicyclic) bond motifs is 1. The van der Waals surface area contributed by atoms with Crippen molar-refractivity contribution in [2.45, 2.75) is 46.6 Å². The second-order valence-corrected chi connectivity index (χ2v) is 7.17. The molecule has 2 heterocycles. The maximum Gasteiger partial charge on any atom is 0.163 e. The third kappa shape index (κ3) is 3.59. The molecule has 0 unspecified atom stereocenters. The van der Waals surface area contributed by atoms with Gasteiger partial charge in [-0.15, -0.1) is 0 Å². The van der Waals surface area contributed by atoms with Gasteiger partial charge < -0.3 is 14.4 Å². The van der Waals surface area contributed by atoms with E-state index < -0.39 is 0 Å². The average molecular weight is 367 g/mol. The lowest BCUT2D eigenvalue weighted by Crippen LogP contribution is -2.26. The maximum absolute atomic E-state index is 6.01. The van der Waals surface area contributed by atoms with Gasteiger partial charge in [-0.3, -0.25) is 4.68 Å². The van der Waals surface area contributed by atoms with Crippen LogP contribution in [-0.2, 0) is 13.5 Å². The second-order valence-electron chi connectivity index (χ2n) is 7.17. The molecule has 2 aromatic rings. The molecule has 0 fully saturated rings. The van der Waals surface area contributed by atoms with E-state index in [1.54, 1.807) is 7.11 Å². The summed E-state index contributed by atoms with van der Waals surface area (Å²) in [5.41, 5.74) is 6.52. The zero-order chi connectivity index (χ0) is 19.7. The number of aryl methyl sites for hydroxylation is 3. The van der Waals surface area contributed by atoms with Gasteiger partial charge in [0.05, 0.1) is 36.0 Å². The van der Waals surface area contributed by atoms with Crippen molar-refractivity contribution in [3.8, 4) is 11.5 Å². The molecule has 0 radical (unpaired) electrons. The molecule has 5 nitrogen and oxygen atoms in total. The minimum atomic E-state index is 0.0677. The van der Waals surface area contributed by atoms with Crippen LogP contribution in [0.15, 0.2) is 36.6 Å². The first-order valence-corrected chi connectivity index (χ1v) is 9.38. The molecule has 5 heteroatoms. The predicted molar refractivity (Wildman–Crippen MR) is 110 cm³/mol. The number of rotatable bonds is 5. The monoisotopic (exact) mass is 367 g/mol. The van der Waals surface area contributed by atoms with Crippen LogP contribution in [0.1, 0.15) is 44.1 Å². The highest BCUT2D eigenvalue weighted by Gasteiger charge is 2.27. The van der Waals surface area contributed by atoms with Gasteiger partial charge in [0.1, 0.15) is 0 Å². The Balaban J connectivity index is 2.15. The molecule has 0 saturated carbocycles. The van der Waals surface area contributed by atoms with E-state index in [0.717, 1.165) is 52.8 Å². The molecule has 144 valence electrons. The van der Waals surface area contributed by atoms with Crippen LogP contribution in [0.3, 0.4) is 0 Å². The Bertz CT molecular complexity index is 893. The number of nitrogens with zero attached hydrogens (tertiary/aromatic N) is 3. The van der Waals surface area contributed by atoms with Crippen LogP contribution in [0.2, 0.25) is 0 Å². The molecule has 3 rings (SSSR count). The molecule has 0 bridgehead atoms. The van der Waals surface area contributed by atoms with Crippen LogP contribution in [0.5, 0.6) is 11.5 Å². The van der Waals surface area contributed by atoms with Gasteiger partial charge in [0.15, 0.2) is 11.5 Å². The van der Waals surface area contributed by atoms with Crippen molar-refractivity contribution >= 4 is 11.4 Å². The van der Waals surface area contributed by atoms with Gasteiger partial charge in [0, 0.05) is 18.8 Å². The number of allylic oxidation sites excluding steroid dienone is 2. The number of anilines is 1. The fourth-order valence-electron chi connectivity index (χ4n) is 3.61. The van der Waals surface area contributed by atoms with Crippen molar-refractivity contribution in [2.75, 3.05) is 12.0 Å². The van der Waals surface area contributed by atoms with E-state index in [2.05, 4.69) is 40.9 Å². The second kappa shape index (κ2) is 7.51. The summed E-state index contributed by atoms with van der Waals surface area (Å²) in [6, 6.07) is 6.27. The van der Waals surface area contributed by atoms with Crippen LogP contribution in [0.25, 0.3) is 5.70 Å². The average Bonchev–Trinajstić information content (AvgIpc) is 2.94. The van der Waals surface area contributed by atoms with E-state index in [1.807, 2.05) is 39.4 Å². The largest absolute Gasteiger partial charge is 0.493 e. The lowest BCUT2D eigenvalue weighted by atomic mass is 9.97. The minimum Gasteiger partial charge on any atom is -0.493 e. The topological polar surface area (TPSA) is 39.5 Å². The molecule has 1 aromatic carbocycles. The molecule has 0 amide bonds. The number of hydrogen-bond donors (Lipinski definition) is 0. The minimum absolute atomic E-state index is 0.0677. The van der Waals surface area contributed by atoms with Crippen molar-refractivity contribution < 1.29 is 9.47 Å². The Hall–Kier alpha value is -2.69. The Morgan fingerprint density at radius 1 is 1.22 bits per heavy atom. The lowest BCUT2D eigenvalue weighted by molar-refractivity contribution is 0.230. The zero-order valence-corrected chi connectivity index (χ0v) is 17.2. The fraction of sp³-hybridized carbons (Fsp3) is 0.409. The van der Waals surface area contributed by atoms with Crippen LogP contribution < -0.4 is 14.4 Å². The number of methoxy groups -OCH3 is 1. The van der Waals surface area contributed by atoms with Gasteiger partial charge in [-0.25, -0.2) is 0 Å². The fourth-order valence-corrected chi connectivity index (χ4v) is 3.61. The van der Waals surface area contributed by atoms with Gasteiger partial charge in [0.25, 0.3) is 0 Å². The van der Waals surface area contributed by atoms with Crippen molar-refractivity contribution in [3.05, 3.63) is 53.5 Å². The highest BCUT2D eigenvalue weighted by molar-refractivity contribution is 5.85. The molecule has 0 aliphatic carbocycles. The lowest BCUT2D eigenvalue weighted by Gasteiger charge is -2.35. The van der Waals surface area contributed by atoms with E-state index in [0.29, 0.717) is 0 Å². The van der Waals surface area contributed by atoms with Crippen LogP contribution in [-0.4, -0.2) is 23.0 Å². The van der Waals surface area contributed by atoms with Crippen molar-refractivity contribution in [2.24, 2.45) is 7.05 Å². The zero-order valence-electron chi connectivity index (χ0n) is 17.2. The Kier molecular flexibility index (Phi) is 5.31. The third-order valence-corrected chi connectivity index (χ3v) is 4.75. The molecule has 1 aliphatic rings. The summed E-state index contributed by atoms with van der Waals surface area (Å²) < 4.78 is 13.5. The quantitative estimate of drug-likeness (QED) is 0.757. The Morgan fingerprint density at radius 3 is 2.52 bits per heavy atom.